The number of aromatic nitrogens is 3. The second-order valence-electron chi connectivity index (χ2n) is 7.59. The van der Waals surface area contributed by atoms with Crippen LogP contribution in [0.3, 0.4) is 0 Å². The van der Waals surface area contributed by atoms with E-state index in [4.69, 9.17) is 5.10 Å². The normalized spacial score (nSPS) is 14.5. The van der Waals surface area contributed by atoms with E-state index in [-0.39, 0.29) is 0 Å². The quantitative estimate of drug-likeness (QED) is 0.509. The Balaban J connectivity index is 1.64. The van der Waals surface area contributed by atoms with Crippen LogP contribution in [0.25, 0.3) is 27.8 Å². The molecule has 2 aromatic carbocycles. The predicted molar refractivity (Wildman–Crippen MR) is 112 cm³/mol. The first kappa shape index (κ1) is 17.6. The van der Waals surface area contributed by atoms with Crippen molar-refractivity contribution in [2.75, 3.05) is 0 Å². The Hall–Kier alpha value is -3.47. The molecule has 0 radical (unpaired) electrons. The zero-order valence-corrected chi connectivity index (χ0v) is 16.0. The second-order valence-corrected chi connectivity index (χ2v) is 7.59. The van der Waals surface area contributed by atoms with E-state index in [1.165, 1.54) is 0 Å². The monoisotopic (exact) mass is 383 g/mol. The summed E-state index contributed by atoms with van der Waals surface area (Å²) in [4.78, 5) is 16.3. The fraction of sp³-hybridized carbons (Fsp3) is 0.208. The van der Waals surface area contributed by atoms with Gasteiger partial charge in [-0.05, 0) is 60.2 Å². The Kier molecular flexibility index (Phi) is 4.35. The molecule has 0 saturated heterocycles. The molecule has 0 amide bonds. The van der Waals surface area contributed by atoms with E-state index in [1.807, 2.05) is 53.3 Å². The number of carboxylic acid groups (broad SMARTS) is 1. The number of hydrogen-bond acceptors (Lipinski definition) is 3. The van der Waals surface area contributed by atoms with Gasteiger partial charge in [-0.1, -0.05) is 37.1 Å². The number of fused-ring (bicyclic) bond motifs is 1. The maximum atomic E-state index is 11.8. The molecule has 1 aliphatic rings. The maximum Gasteiger partial charge on any atom is 0.335 e. The van der Waals surface area contributed by atoms with Crippen molar-refractivity contribution in [3.05, 3.63) is 78.1 Å². The lowest BCUT2D eigenvalue weighted by Gasteiger charge is -2.15. The minimum absolute atomic E-state index is 0.320. The summed E-state index contributed by atoms with van der Waals surface area (Å²) in [5, 5.41) is 14.4. The first-order chi connectivity index (χ1) is 14.2. The van der Waals surface area contributed by atoms with Gasteiger partial charge in [-0.2, -0.15) is 5.10 Å². The summed E-state index contributed by atoms with van der Waals surface area (Å²) in [6, 6.07) is 17.6. The Bertz CT molecular complexity index is 1190. The van der Waals surface area contributed by atoms with Crippen molar-refractivity contribution in [3.8, 4) is 16.8 Å². The van der Waals surface area contributed by atoms with E-state index in [0.29, 0.717) is 11.5 Å². The van der Waals surface area contributed by atoms with Gasteiger partial charge in [0.15, 0.2) is 0 Å². The first-order valence-electron chi connectivity index (χ1n) is 9.98. The number of carbonyl (C=O) groups is 1. The number of aromatic carboxylic acids is 1. The van der Waals surface area contributed by atoms with Crippen LogP contribution in [0.5, 0.6) is 0 Å². The standard InChI is InChI=1S/C24H21N3O2/c28-24(29)20-11-10-17(14-21(20)16-6-4-5-7-16)19-12-13-25-22-15-27(26-23(19)22)18-8-2-1-3-9-18/h1-3,8-16H,4-7H2,(H,28,29). The number of nitrogens with zero attached hydrogens (tertiary/aromatic N) is 3. The average molecular weight is 383 g/mol. The molecule has 1 fully saturated rings. The van der Waals surface area contributed by atoms with Gasteiger partial charge >= 0.3 is 5.97 Å². The molecule has 4 aromatic rings. The maximum absolute atomic E-state index is 11.8. The molecular formula is C24H21N3O2. The van der Waals surface area contributed by atoms with Crippen molar-refractivity contribution in [3.63, 3.8) is 0 Å². The van der Waals surface area contributed by atoms with Crippen molar-refractivity contribution in [2.45, 2.75) is 31.6 Å². The summed E-state index contributed by atoms with van der Waals surface area (Å²) in [6.45, 7) is 0. The van der Waals surface area contributed by atoms with Crippen LogP contribution < -0.4 is 0 Å². The largest absolute Gasteiger partial charge is 0.478 e. The molecule has 1 N–H and O–H groups in total. The molecule has 1 aliphatic carbocycles. The van der Waals surface area contributed by atoms with Gasteiger partial charge in [-0.15, -0.1) is 0 Å². The summed E-state index contributed by atoms with van der Waals surface area (Å²) in [5.74, 6) is -0.535. The lowest BCUT2D eigenvalue weighted by Crippen LogP contribution is -2.06. The zero-order valence-electron chi connectivity index (χ0n) is 16.0. The van der Waals surface area contributed by atoms with Crippen molar-refractivity contribution in [1.29, 1.82) is 0 Å². The van der Waals surface area contributed by atoms with Crippen LogP contribution in [0.4, 0.5) is 0 Å². The van der Waals surface area contributed by atoms with Gasteiger partial charge in [-0.25, -0.2) is 9.48 Å². The second kappa shape index (κ2) is 7.17. The molecule has 144 valence electrons. The van der Waals surface area contributed by atoms with Crippen molar-refractivity contribution < 1.29 is 9.90 Å². The fourth-order valence-corrected chi connectivity index (χ4v) is 4.37. The molecule has 0 unspecified atom stereocenters. The van der Waals surface area contributed by atoms with E-state index in [2.05, 4.69) is 11.1 Å². The highest BCUT2D eigenvalue weighted by Gasteiger charge is 2.23. The number of pyridine rings is 1. The molecule has 0 spiro atoms. The third kappa shape index (κ3) is 3.18. The van der Waals surface area contributed by atoms with Crippen LogP contribution in [0.2, 0.25) is 0 Å². The van der Waals surface area contributed by atoms with Gasteiger partial charge in [0.05, 0.1) is 17.4 Å². The fourth-order valence-electron chi connectivity index (χ4n) is 4.37. The lowest BCUT2D eigenvalue weighted by atomic mass is 9.89. The molecule has 0 atom stereocenters. The van der Waals surface area contributed by atoms with Crippen LogP contribution in [0.15, 0.2) is 67.0 Å². The third-order valence-corrected chi connectivity index (χ3v) is 5.81. The Morgan fingerprint density at radius 3 is 2.59 bits per heavy atom. The zero-order chi connectivity index (χ0) is 19.8. The van der Waals surface area contributed by atoms with Gasteiger partial charge in [-0.3, -0.25) is 4.98 Å². The Labute approximate surface area is 168 Å². The summed E-state index contributed by atoms with van der Waals surface area (Å²) in [5.41, 5.74) is 5.93. The van der Waals surface area contributed by atoms with Gasteiger partial charge in [0.25, 0.3) is 0 Å². The molecule has 29 heavy (non-hydrogen) atoms. The Morgan fingerprint density at radius 1 is 1.03 bits per heavy atom. The van der Waals surface area contributed by atoms with Crippen LogP contribution in [0.1, 0.15) is 47.5 Å². The minimum Gasteiger partial charge on any atom is -0.478 e. The average Bonchev–Trinajstić information content (AvgIpc) is 3.43. The van der Waals surface area contributed by atoms with Crippen LogP contribution >= 0.6 is 0 Å². The highest BCUT2D eigenvalue weighted by atomic mass is 16.4. The minimum atomic E-state index is -0.855. The number of carboxylic acids is 1. The van der Waals surface area contributed by atoms with Gasteiger partial charge < -0.3 is 5.11 Å². The molecule has 5 rings (SSSR count). The van der Waals surface area contributed by atoms with E-state index in [1.54, 1.807) is 12.3 Å². The molecule has 1 saturated carbocycles. The predicted octanol–water partition coefficient (Wildman–Crippen LogP) is 5.44. The van der Waals surface area contributed by atoms with Crippen LogP contribution in [-0.4, -0.2) is 25.8 Å². The van der Waals surface area contributed by atoms with Crippen molar-refractivity contribution in [1.82, 2.24) is 14.8 Å². The smallest absolute Gasteiger partial charge is 0.335 e. The first-order valence-corrected chi connectivity index (χ1v) is 9.98. The number of hydrogen-bond donors (Lipinski definition) is 1. The molecule has 5 heteroatoms. The van der Waals surface area contributed by atoms with Crippen LogP contribution in [0, 0.1) is 0 Å². The molecule has 2 aromatic heterocycles. The van der Waals surface area contributed by atoms with Gasteiger partial charge in [0.2, 0.25) is 0 Å². The summed E-state index contributed by atoms with van der Waals surface area (Å²) in [7, 11) is 0. The van der Waals surface area contributed by atoms with Crippen molar-refractivity contribution in [2.24, 2.45) is 0 Å². The highest BCUT2D eigenvalue weighted by Crippen LogP contribution is 2.38. The number of benzene rings is 2. The third-order valence-electron chi connectivity index (χ3n) is 5.81. The van der Waals surface area contributed by atoms with Gasteiger partial charge in [0, 0.05) is 11.8 Å². The molecule has 0 aliphatic heterocycles. The van der Waals surface area contributed by atoms with Crippen molar-refractivity contribution >= 4 is 17.0 Å². The van der Waals surface area contributed by atoms with E-state index >= 15 is 0 Å². The molecule has 5 nitrogen and oxygen atoms in total. The number of para-hydroxylation sites is 1. The van der Waals surface area contributed by atoms with E-state index in [9.17, 15) is 9.90 Å². The molecule has 2 heterocycles. The SMILES string of the molecule is O=C(O)c1ccc(-c2ccnc3cn(-c4ccccc4)nc23)cc1C1CCCC1. The molecular weight excluding hydrogens is 362 g/mol. The topological polar surface area (TPSA) is 68.0 Å². The van der Waals surface area contributed by atoms with Gasteiger partial charge in [0.1, 0.15) is 11.0 Å². The van der Waals surface area contributed by atoms with E-state index < -0.39 is 5.97 Å². The Morgan fingerprint density at radius 2 is 1.83 bits per heavy atom. The summed E-state index contributed by atoms with van der Waals surface area (Å²) in [6.07, 6.45) is 8.15. The summed E-state index contributed by atoms with van der Waals surface area (Å²) >= 11 is 0. The summed E-state index contributed by atoms with van der Waals surface area (Å²) < 4.78 is 1.84. The van der Waals surface area contributed by atoms with Crippen LogP contribution in [-0.2, 0) is 0 Å². The van der Waals surface area contributed by atoms with E-state index in [0.717, 1.165) is 59.1 Å². The number of rotatable bonds is 4. The molecule has 0 bridgehead atoms. The lowest BCUT2D eigenvalue weighted by molar-refractivity contribution is 0.0695. The highest BCUT2D eigenvalue weighted by molar-refractivity contribution is 5.94.